The van der Waals surface area contributed by atoms with Crippen LogP contribution in [0.2, 0.25) is 0 Å². The smallest absolute Gasteiger partial charge is 0.343 e. The lowest BCUT2D eigenvalue weighted by molar-refractivity contribution is -0.132. The van der Waals surface area contributed by atoms with Gasteiger partial charge in [0.15, 0.2) is 0 Å². The maximum atomic E-state index is 12.3. The summed E-state index contributed by atoms with van der Waals surface area (Å²) in [6.45, 7) is -0.463. The van der Waals surface area contributed by atoms with Crippen LogP contribution in [-0.2, 0) is 9.59 Å². The molecule has 23 heavy (non-hydrogen) atoms. The van der Waals surface area contributed by atoms with E-state index in [2.05, 4.69) is 5.32 Å². The molecule has 8 heteroatoms. The molecule has 1 amide bonds. The van der Waals surface area contributed by atoms with Crippen molar-refractivity contribution in [3.63, 3.8) is 0 Å². The molecule has 6 nitrogen and oxygen atoms in total. The minimum Gasteiger partial charge on any atom is -0.477 e. The Morgan fingerprint density at radius 3 is 2.30 bits per heavy atom. The zero-order valence-corrected chi connectivity index (χ0v) is 13.8. The van der Waals surface area contributed by atoms with E-state index in [-0.39, 0.29) is 9.81 Å². The highest BCUT2D eigenvalue weighted by atomic mass is 32.2. The van der Waals surface area contributed by atoms with Crippen LogP contribution < -0.4 is 5.32 Å². The normalized spacial score (nSPS) is 17.5. The minimum atomic E-state index is -1.14. The van der Waals surface area contributed by atoms with Gasteiger partial charge in [-0.3, -0.25) is 4.79 Å². The predicted molar refractivity (Wildman–Crippen MR) is 90.0 cm³/mol. The van der Waals surface area contributed by atoms with Crippen LogP contribution in [0, 0.1) is 0 Å². The van der Waals surface area contributed by atoms with Crippen molar-refractivity contribution in [2.45, 2.75) is 12.1 Å². The number of nitrogens with one attached hydrogen (secondary N) is 1. The highest BCUT2D eigenvalue weighted by molar-refractivity contribution is 8.11. The summed E-state index contributed by atoms with van der Waals surface area (Å²) in [6, 6.07) is 7.74. The fourth-order valence-electron chi connectivity index (χ4n) is 2.09. The van der Waals surface area contributed by atoms with Gasteiger partial charge in [0.05, 0.1) is 17.6 Å². The Hall–Kier alpha value is -1.48. The van der Waals surface area contributed by atoms with E-state index in [9.17, 15) is 19.8 Å². The van der Waals surface area contributed by atoms with Crippen molar-refractivity contribution in [3.05, 3.63) is 45.7 Å². The van der Waals surface area contributed by atoms with Crippen molar-refractivity contribution in [2.75, 3.05) is 18.1 Å². The fraction of sp³-hybridized carbons (Fsp3) is 0.333. The van der Waals surface area contributed by atoms with Crippen LogP contribution in [0.25, 0.3) is 0 Å². The maximum absolute atomic E-state index is 12.3. The van der Waals surface area contributed by atoms with E-state index >= 15 is 0 Å². The second-order valence-electron chi connectivity index (χ2n) is 4.78. The van der Waals surface area contributed by atoms with Gasteiger partial charge in [0, 0.05) is 11.5 Å². The summed E-state index contributed by atoms with van der Waals surface area (Å²) < 4.78 is 0. The molecule has 1 aromatic rings. The number of hydrogen-bond acceptors (Lipinski definition) is 6. The van der Waals surface area contributed by atoms with Crippen molar-refractivity contribution in [1.82, 2.24) is 5.32 Å². The van der Waals surface area contributed by atoms with E-state index in [1.54, 1.807) is 30.3 Å². The molecule has 4 N–H and O–H groups in total. The van der Waals surface area contributed by atoms with Crippen LogP contribution in [0.1, 0.15) is 11.7 Å². The average molecular weight is 355 g/mol. The van der Waals surface area contributed by atoms with Crippen LogP contribution >= 0.6 is 23.5 Å². The summed E-state index contributed by atoms with van der Waals surface area (Å²) in [5, 5.41) is 31.4. The van der Waals surface area contributed by atoms with Gasteiger partial charge in [-0.25, -0.2) is 4.79 Å². The summed E-state index contributed by atoms with van der Waals surface area (Å²) in [7, 11) is 0. The summed E-state index contributed by atoms with van der Waals surface area (Å²) >= 11 is 2.29. The van der Waals surface area contributed by atoms with E-state index in [0.29, 0.717) is 17.1 Å². The number of hydrogen-bond donors (Lipinski definition) is 4. The Morgan fingerprint density at radius 1 is 1.13 bits per heavy atom. The number of aliphatic hydroxyl groups excluding tert-OH is 2. The number of carbonyl (C=O) groups is 2. The summed E-state index contributed by atoms with van der Waals surface area (Å²) in [5.74, 6) is -0.473. The number of carbonyl (C=O) groups excluding carboxylic acids is 1. The second kappa shape index (κ2) is 8.39. The standard InChI is InChI=1S/C15H17NO5S2/c17-8-10(11(18)9-4-2-1-3-5-9)16-14(19)12-13(15(20)21)23-7-6-22-12/h1-5,10-11,17-18H,6-8H2,(H,16,19)(H,20,21)/t10-,11-/m0/s1. The molecule has 0 saturated heterocycles. The van der Waals surface area contributed by atoms with Gasteiger partial charge >= 0.3 is 5.97 Å². The lowest BCUT2D eigenvalue weighted by Gasteiger charge is -2.24. The predicted octanol–water partition coefficient (Wildman–Crippen LogP) is 0.973. The highest BCUT2D eigenvalue weighted by Crippen LogP contribution is 2.34. The molecular weight excluding hydrogens is 338 g/mol. The molecule has 2 rings (SSSR count). The first kappa shape index (κ1) is 17.9. The molecule has 1 aromatic carbocycles. The molecule has 0 aliphatic carbocycles. The van der Waals surface area contributed by atoms with Gasteiger partial charge < -0.3 is 20.6 Å². The van der Waals surface area contributed by atoms with Gasteiger partial charge in [0.2, 0.25) is 0 Å². The third-order valence-electron chi connectivity index (χ3n) is 3.22. The van der Waals surface area contributed by atoms with Gasteiger partial charge in [-0.15, -0.1) is 23.5 Å². The number of rotatable bonds is 6. The molecule has 1 heterocycles. The first-order valence-electron chi connectivity index (χ1n) is 6.92. The highest BCUT2D eigenvalue weighted by Gasteiger charge is 2.29. The van der Waals surface area contributed by atoms with Crippen LogP contribution in [0.4, 0.5) is 0 Å². The van der Waals surface area contributed by atoms with Crippen LogP contribution in [0.5, 0.6) is 0 Å². The zero-order valence-electron chi connectivity index (χ0n) is 12.1. The van der Waals surface area contributed by atoms with Gasteiger partial charge in [-0.1, -0.05) is 30.3 Å². The molecule has 1 aliphatic heterocycles. The molecule has 0 bridgehead atoms. The number of aliphatic hydroxyl groups is 2. The molecule has 124 valence electrons. The van der Waals surface area contributed by atoms with Crippen LogP contribution in [0.15, 0.2) is 40.1 Å². The van der Waals surface area contributed by atoms with Crippen molar-refractivity contribution in [2.24, 2.45) is 0 Å². The molecule has 1 aliphatic rings. The van der Waals surface area contributed by atoms with Crippen LogP contribution in [-0.4, -0.2) is 51.4 Å². The maximum Gasteiger partial charge on any atom is 0.343 e. The monoisotopic (exact) mass is 355 g/mol. The van der Waals surface area contributed by atoms with E-state index < -0.39 is 30.6 Å². The van der Waals surface area contributed by atoms with Gasteiger partial charge in [0.25, 0.3) is 5.91 Å². The summed E-state index contributed by atoms with van der Waals surface area (Å²) in [4.78, 5) is 23.7. The topological polar surface area (TPSA) is 107 Å². The van der Waals surface area contributed by atoms with Crippen molar-refractivity contribution in [3.8, 4) is 0 Å². The Bertz CT molecular complexity index is 605. The van der Waals surface area contributed by atoms with E-state index in [1.165, 1.54) is 11.8 Å². The third-order valence-corrected chi connectivity index (χ3v) is 5.77. The molecule has 0 unspecified atom stereocenters. The molecule has 0 saturated carbocycles. The van der Waals surface area contributed by atoms with Gasteiger partial charge in [-0.05, 0) is 5.56 Å². The SMILES string of the molecule is O=C(O)C1=C(C(=O)N[C@@H](CO)[C@@H](O)c2ccccc2)SCCS1. The quantitative estimate of drug-likeness (QED) is 0.602. The number of carboxylic acids is 1. The number of aliphatic carboxylic acids is 1. The zero-order chi connectivity index (χ0) is 16.8. The number of thioether (sulfide) groups is 2. The summed E-state index contributed by atoms with van der Waals surface area (Å²) in [5.41, 5.74) is 0.560. The summed E-state index contributed by atoms with van der Waals surface area (Å²) in [6.07, 6.45) is -1.08. The molecule has 0 spiro atoms. The first-order chi connectivity index (χ1) is 11.0. The number of benzene rings is 1. The van der Waals surface area contributed by atoms with Crippen molar-refractivity contribution in [1.29, 1.82) is 0 Å². The molecular formula is C15H17NO5S2. The van der Waals surface area contributed by atoms with Crippen molar-refractivity contribution < 1.29 is 24.9 Å². The fourth-order valence-corrected chi connectivity index (χ4v) is 4.27. The second-order valence-corrected chi connectivity index (χ2v) is 6.99. The van der Waals surface area contributed by atoms with E-state index in [1.807, 2.05) is 0 Å². The Labute approximate surface area is 142 Å². The molecule has 0 fully saturated rings. The van der Waals surface area contributed by atoms with Crippen molar-refractivity contribution >= 4 is 35.4 Å². The van der Waals surface area contributed by atoms with Crippen LogP contribution in [0.3, 0.4) is 0 Å². The Balaban J connectivity index is 2.15. The molecule has 2 atom stereocenters. The Morgan fingerprint density at radius 2 is 1.74 bits per heavy atom. The van der Waals surface area contributed by atoms with Gasteiger partial charge in [-0.2, -0.15) is 0 Å². The average Bonchev–Trinajstić information content (AvgIpc) is 2.59. The van der Waals surface area contributed by atoms with E-state index in [0.717, 1.165) is 11.8 Å². The molecule has 0 radical (unpaired) electrons. The molecule has 0 aromatic heterocycles. The van der Waals surface area contributed by atoms with E-state index in [4.69, 9.17) is 5.11 Å². The Kier molecular flexibility index (Phi) is 6.52. The first-order valence-corrected chi connectivity index (χ1v) is 8.89. The lowest BCUT2D eigenvalue weighted by atomic mass is 10.0. The lowest BCUT2D eigenvalue weighted by Crippen LogP contribution is -2.42. The number of amides is 1. The largest absolute Gasteiger partial charge is 0.477 e. The van der Waals surface area contributed by atoms with Gasteiger partial charge in [0.1, 0.15) is 11.0 Å². The minimum absolute atomic E-state index is 0.00430. The number of carboxylic acid groups (broad SMARTS) is 1. The third kappa shape index (κ3) is 4.51.